The smallest absolute Gasteiger partial charge is 0.218 e. The Balaban J connectivity index is 2.69. The van der Waals surface area contributed by atoms with Gasteiger partial charge in [0.2, 0.25) is 9.76 Å². The second-order valence-electron chi connectivity index (χ2n) is 1.34. The van der Waals surface area contributed by atoms with Crippen LogP contribution in [0.5, 0.6) is 0 Å². The zero-order valence-electron chi connectivity index (χ0n) is 4.98. The number of hydrogen-bond donors (Lipinski definition) is 0. The van der Waals surface area contributed by atoms with Crippen molar-refractivity contribution in [3.8, 4) is 0 Å². The van der Waals surface area contributed by atoms with Crippen molar-refractivity contribution in [3.63, 3.8) is 0 Å². The van der Waals surface area contributed by atoms with Gasteiger partial charge in [0.05, 0.1) is 6.26 Å². The molecule has 0 heterocycles. The van der Waals surface area contributed by atoms with Gasteiger partial charge in [-0.25, -0.2) is 0 Å². The van der Waals surface area contributed by atoms with E-state index in [1.54, 1.807) is 6.26 Å². The van der Waals surface area contributed by atoms with Crippen LogP contribution in [0, 0.1) is 0 Å². The van der Waals surface area contributed by atoms with E-state index in [4.69, 9.17) is 4.43 Å². The summed E-state index contributed by atoms with van der Waals surface area (Å²) in [5, 5.41) is 0. The lowest BCUT2D eigenvalue weighted by atomic mass is 10.8. The van der Waals surface area contributed by atoms with Crippen molar-refractivity contribution in [2.75, 3.05) is 0 Å². The first kappa shape index (κ1) is 6.76. The normalized spacial score (nSPS) is 11.7. The molecule has 0 spiro atoms. The third-order valence-electron chi connectivity index (χ3n) is 0.554. The molecule has 0 aromatic heterocycles. The second kappa shape index (κ2) is 5.76. The van der Waals surface area contributed by atoms with E-state index in [9.17, 15) is 0 Å². The van der Waals surface area contributed by atoms with Crippen LogP contribution in [0.1, 0.15) is 13.8 Å². The highest BCUT2D eigenvalue weighted by Crippen LogP contribution is 1.77. The van der Waals surface area contributed by atoms with Crippen molar-refractivity contribution in [1.82, 2.24) is 0 Å². The van der Waals surface area contributed by atoms with Crippen molar-refractivity contribution in [2.24, 2.45) is 0 Å². The third-order valence-corrected chi connectivity index (χ3v) is 1.39. The van der Waals surface area contributed by atoms with E-state index in [2.05, 4.69) is 6.92 Å². The molecular formula is C5H12OSi. The van der Waals surface area contributed by atoms with Crippen molar-refractivity contribution >= 4 is 9.76 Å². The SMILES string of the molecule is CC=CO[SiH2]CC. The first-order valence-electron chi connectivity index (χ1n) is 2.64. The van der Waals surface area contributed by atoms with Gasteiger partial charge in [-0.1, -0.05) is 13.0 Å². The number of hydrogen-bond acceptors (Lipinski definition) is 1. The first-order valence-corrected chi connectivity index (χ1v) is 4.22. The van der Waals surface area contributed by atoms with Crippen LogP contribution in [-0.4, -0.2) is 9.76 Å². The molecule has 0 aromatic carbocycles. The Morgan fingerprint density at radius 1 is 1.71 bits per heavy atom. The lowest BCUT2D eigenvalue weighted by molar-refractivity contribution is 0.513. The Kier molecular flexibility index (Phi) is 5.56. The first-order chi connectivity index (χ1) is 3.41. The average Bonchev–Trinajstić information content (AvgIpc) is 1.69. The molecule has 0 saturated heterocycles. The molecular weight excluding hydrogens is 104 g/mol. The molecule has 0 fully saturated rings. The summed E-state index contributed by atoms with van der Waals surface area (Å²) in [6, 6.07) is 1.23. The van der Waals surface area contributed by atoms with Gasteiger partial charge in [0, 0.05) is 0 Å². The molecule has 7 heavy (non-hydrogen) atoms. The summed E-state index contributed by atoms with van der Waals surface area (Å²) in [4.78, 5) is 0. The molecule has 0 atom stereocenters. The fraction of sp³-hybridized carbons (Fsp3) is 0.600. The maximum Gasteiger partial charge on any atom is 0.218 e. The highest BCUT2D eigenvalue weighted by molar-refractivity contribution is 6.27. The largest absolute Gasteiger partial charge is 0.555 e. The van der Waals surface area contributed by atoms with Gasteiger partial charge < -0.3 is 4.43 Å². The third kappa shape index (κ3) is 5.76. The standard InChI is InChI=1S/C5H12OSi/c1-3-5-6-7-4-2/h3,5H,4,7H2,1-2H3. The summed E-state index contributed by atoms with van der Waals surface area (Å²) < 4.78 is 5.09. The average molecular weight is 116 g/mol. The molecule has 0 aliphatic carbocycles. The van der Waals surface area contributed by atoms with Crippen LogP contribution in [0.2, 0.25) is 6.04 Å². The second-order valence-corrected chi connectivity index (χ2v) is 3.08. The Labute approximate surface area is 47.3 Å². The van der Waals surface area contributed by atoms with Crippen molar-refractivity contribution in [2.45, 2.75) is 19.9 Å². The summed E-state index contributed by atoms with van der Waals surface area (Å²) in [5.74, 6) is 0. The van der Waals surface area contributed by atoms with Gasteiger partial charge in [-0.3, -0.25) is 0 Å². The van der Waals surface area contributed by atoms with E-state index in [0.717, 1.165) is 0 Å². The van der Waals surface area contributed by atoms with Crippen LogP contribution in [0.4, 0.5) is 0 Å². The van der Waals surface area contributed by atoms with Crippen molar-refractivity contribution in [3.05, 3.63) is 12.3 Å². The number of allylic oxidation sites excluding steroid dienone is 1. The van der Waals surface area contributed by atoms with E-state index in [0.29, 0.717) is 0 Å². The molecule has 0 bridgehead atoms. The summed E-state index contributed by atoms with van der Waals surface area (Å²) in [6.07, 6.45) is 3.69. The minimum Gasteiger partial charge on any atom is -0.555 e. The Morgan fingerprint density at radius 3 is 2.86 bits per heavy atom. The van der Waals surface area contributed by atoms with Gasteiger partial charge >= 0.3 is 0 Å². The fourth-order valence-electron chi connectivity index (χ4n) is 0.282. The topological polar surface area (TPSA) is 9.23 Å². The van der Waals surface area contributed by atoms with Gasteiger partial charge in [0.15, 0.2) is 0 Å². The minimum absolute atomic E-state index is 0.176. The van der Waals surface area contributed by atoms with Crippen LogP contribution in [-0.2, 0) is 4.43 Å². The van der Waals surface area contributed by atoms with Gasteiger partial charge in [0.25, 0.3) is 0 Å². The molecule has 1 nitrogen and oxygen atoms in total. The fourth-order valence-corrected chi connectivity index (χ4v) is 0.846. The predicted molar refractivity (Wildman–Crippen MR) is 34.9 cm³/mol. The summed E-state index contributed by atoms with van der Waals surface area (Å²) in [7, 11) is -0.176. The predicted octanol–water partition coefficient (Wildman–Crippen LogP) is 1.06. The highest BCUT2D eigenvalue weighted by Gasteiger charge is 1.73. The zero-order chi connectivity index (χ0) is 5.54. The maximum absolute atomic E-state index is 5.09. The molecule has 42 valence electrons. The highest BCUT2D eigenvalue weighted by atomic mass is 28.2. The van der Waals surface area contributed by atoms with Crippen molar-refractivity contribution < 1.29 is 4.43 Å². The molecule has 0 aliphatic rings. The van der Waals surface area contributed by atoms with Crippen LogP contribution in [0.25, 0.3) is 0 Å². The van der Waals surface area contributed by atoms with E-state index in [-0.39, 0.29) is 9.76 Å². The molecule has 0 N–H and O–H groups in total. The summed E-state index contributed by atoms with van der Waals surface area (Å²) in [5.41, 5.74) is 0. The molecule has 0 unspecified atom stereocenters. The van der Waals surface area contributed by atoms with E-state index in [1.165, 1.54) is 6.04 Å². The Hall–Kier alpha value is -0.243. The zero-order valence-corrected chi connectivity index (χ0v) is 6.39. The van der Waals surface area contributed by atoms with Crippen LogP contribution >= 0.6 is 0 Å². The monoisotopic (exact) mass is 116 g/mol. The molecule has 2 heteroatoms. The molecule has 0 amide bonds. The van der Waals surface area contributed by atoms with Gasteiger partial charge in [-0.15, -0.1) is 0 Å². The van der Waals surface area contributed by atoms with E-state index in [1.807, 2.05) is 13.0 Å². The van der Waals surface area contributed by atoms with Crippen LogP contribution in [0.15, 0.2) is 12.3 Å². The van der Waals surface area contributed by atoms with E-state index < -0.39 is 0 Å². The molecule has 0 rings (SSSR count). The Bertz CT molecular complexity index is 52.0. The van der Waals surface area contributed by atoms with Crippen LogP contribution in [0.3, 0.4) is 0 Å². The summed E-state index contributed by atoms with van der Waals surface area (Å²) in [6.45, 7) is 4.11. The van der Waals surface area contributed by atoms with Crippen molar-refractivity contribution in [1.29, 1.82) is 0 Å². The summed E-state index contributed by atoms with van der Waals surface area (Å²) >= 11 is 0. The molecule has 0 radical (unpaired) electrons. The molecule has 0 saturated carbocycles. The van der Waals surface area contributed by atoms with Gasteiger partial charge in [-0.05, 0) is 13.0 Å². The Morgan fingerprint density at radius 2 is 2.43 bits per heavy atom. The quantitative estimate of drug-likeness (QED) is 0.304. The van der Waals surface area contributed by atoms with Gasteiger partial charge in [0.1, 0.15) is 0 Å². The molecule has 0 aromatic rings. The lowest BCUT2D eigenvalue weighted by Crippen LogP contribution is -1.86. The number of rotatable bonds is 3. The van der Waals surface area contributed by atoms with Gasteiger partial charge in [-0.2, -0.15) is 0 Å². The lowest BCUT2D eigenvalue weighted by Gasteiger charge is -1.91. The van der Waals surface area contributed by atoms with E-state index >= 15 is 0 Å². The van der Waals surface area contributed by atoms with Crippen LogP contribution < -0.4 is 0 Å². The molecule has 0 aliphatic heterocycles. The maximum atomic E-state index is 5.09. The minimum atomic E-state index is -0.176.